The highest BCUT2D eigenvalue weighted by molar-refractivity contribution is 6.11. The van der Waals surface area contributed by atoms with Crippen LogP contribution < -0.4 is 5.32 Å². The minimum atomic E-state index is -1.03. The number of fused-ring (bicyclic) bond motifs is 2. The number of amides is 3. The van der Waals surface area contributed by atoms with Gasteiger partial charge in [-0.25, -0.2) is 4.79 Å². The largest absolute Gasteiger partial charge is 0.325 e. The third kappa shape index (κ3) is 2.91. The number of imide groups is 1. The average Bonchev–Trinajstić information content (AvgIpc) is 2.93. The quantitative estimate of drug-likeness (QED) is 0.652. The van der Waals surface area contributed by atoms with Crippen molar-refractivity contribution in [2.75, 3.05) is 6.54 Å². The van der Waals surface area contributed by atoms with Crippen LogP contribution in [-0.4, -0.2) is 29.2 Å². The predicted octanol–water partition coefficient (Wildman–Crippen LogP) is 3.78. The van der Waals surface area contributed by atoms with Gasteiger partial charge < -0.3 is 5.32 Å². The third-order valence-electron chi connectivity index (χ3n) is 5.85. The Balaban J connectivity index is 1.58. The topological polar surface area (TPSA) is 66.5 Å². The molecule has 3 amide bonds. The lowest BCUT2D eigenvalue weighted by molar-refractivity contribution is -0.131. The van der Waals surface area contributed by atoms with Crippen LogP contribution in [-0.2, 0) is 16.8 Å². The van der Waals surface area contributed by atoms with E-state index in [0.29, 0.717) is 17.9 Å². The van der Waals surface area contributed by atoms with E-state index in [2.05, 4.69) is 19.2 Å². The van der Waals surface area contributed by atoms with Crippen molar-refractivity contribution in [3.63, 3.8) is 0 Å². The standard InChI is InChI=1S/C23H24N2O3/c1-15(2)16-9-11-18(12-10-16)20(26)14-25-21(27)23(24-22(25)28)13-5-7-17-6-3-4-8-19(17)23/h3-4,6,8-12,15H,5,7,13-14H2,1-2H3,(H,24,28)/t23-/m0/s1. The first kappa shape index (κ1) is 18.4. The molecule has 0 aromatic heterocycles. The number of carbonyl (C=O) groups is 3. The SMILES string of the molecule is CC(C)c1ccc(C(=O)CN2C(=O)N[C@]3(CCCc4ccccc43)C2=O)cc1. The highest BCUT2D eigenvalue weighted by Gasteiger charge is 2.54. The summed E-state index contributed by atoms with van der Waals surface area (Å²) in [6.07, 6.45) is 2.27. The van der Waals surface area contributed by atoms with Gasteiger partial charge in [0, 0.05) is 5.56 Å². The van der Waals surface area contributed by atoms with Gasteiger partial charge in [0.2, 0.25) is 0 Å². The van der Waals surface area contributed by atoms with Gasteiger partial charge >= 0.3 is 6.03 Å². The van der Waals surface area contributed by atoms with Crippen LogP contribution in [0.25, 0.3) is 0 Å². The molecule has 2 aliphatic rings. The summed E-state index contributed by atoms with van der Waals surface area (Å²) in [6, 6.07) is 14.6. The zero-order valence-corrected chi connectivity index (χ0v) is 16.2. The number of aryl methyl sites for hydroxylation is 1. The summed E-state index contributed by atoms with van der Waals surface area (Å²) >= 11 is 0. The first-order valence-electron chi connectivity index (χ1n) is 9.78. The summed E-state index contributed by atoms with van der Waals surface area (Å²) in [7, 11) is 0. The second-order valence-electron chi connectivity index (χ2n) is 7.94. The van der Waals surface area contributed by atoms with E-state index in [0.717, 1.165) is 34.4 Å². The van der Waals surface area contributed by atoms with E-state index in [9.17, 15) is 14.4 Å². The summed E-state index contributed by atoms with van der Waals surface area (Å²) < 4.78 is 0. The van der Waals surface area contributed by atoms with Crippen LogP contribution in [0.4, 0.5) is 4.79 Å². The molecule has 1 heterocycles. The summed E-state index contributed by atoms with van der Waals surface area (Å²) in [5.74, 6) is -0.182. The molecule has 0 saturated carbocycles. The normalized spacial score (nSPS) is 21.2. The Morgan fingerprint density at radius 2 is 1.82 bits per heavy atom. The number of urea groups is 1. The third-order valence-corrected chi connectivity index (χ3v) is 5.85. The van der Waals surface area contributed by atoms with E-state index in [1.165, 1.54) is 0 Å². The van der Waals surface area contributed by atoms with Gasteiger partial charge in [-0.3, -0.25) is 14.5 Å². The minimum Gasteiger partial charge on any atom is -0.319 e. The molecular formula is C23H24N2O3. The van der Waals surface area contributed by atoms with Crippen molar-refractivity contribution >= 4 is 17.7 Å². The molecule has 0 bridgehead atoms. The fraction of sp³-hybridized carbons (Fsp3) is 0.348. The number of nitrogens with zero attached hydrogens (tertiary/aromatic N) is 1. The number of Topliss-reactive ketones (excluding diaryl/α,β-unsaturated/α-hetero) is 1. The molecule has 28 heavy (non-hydrogen) atoms. The Bertz CT molecular complexity index is 949. The number of ketones is 1. The van der Waals surface area contributed by atoms with Crippen LogP contribution in [0.5, 0.6) is 0 Å². The first-order valence-corrected chi connectivity index (χ1v) is 9.78. The zero-order chi connectivity index (χ0) is 19.9. The van der Waals surface area contributed by atoms with Gasteiger partial charge in [-0.1, -0.05) is 62.4 Å². The van der Waals surface area contributed by atoms with Crippen molar-refractivity contribution in [1.29, 1.82) is 0 Å². The van der Waals surface area contributed by atoms with Crippen LogP contribution in [0.3, 0.4) is 0 Å². The van der Waals surface area contributed by atoms with Crippen molar-refractivity contribution in [1.82, 2.24) is 10.2 Å². The van der Waals surface area contributed by atoms with Gasteiger partial charge in [0.15, 0.2) is 5.78 Å². The first-order chi connectivity index (χ1) is 13.4. The molecule has 5 heteroatoms. The molecule has 2 aromatic carbocycles. The van der Waals surface area contributed by atoms with Crippen LogP contribution in [0, 0.1) is 0 Å². The second-order valence-corrected chi connectivity index (χ2v) is 7.94. The molecular weight excluding hydrogens is 352 g/mol. The van der Waals surface area contributed by atoms with Crippen molar-refractivity contribution < 1.29 is 14.4 Å². The summed E-state index contributed by atoms with van der Waals surface area (Å²) in [6.45, 7) is 3.94. The van der Waals surface area contributed by atoms with E-state index in [1.54, 1.807) is 12.1 Å². The molecule has 4 rings (SSSR count). The number of carbonyl (C=O) groups excluding carboxylic acids is 3. The molecule has 1 N–H and O–H groups in total. The van der Waals surface area contributed by atoms with Gasteiger partial charge in [0.1, 0.15) is 5.54 Å². The van der Waals surface area contributed by atoms with Crippen LogP contribution >= 0.6 is 0 Å². The Morgan fingerprint density at radius 3 is 2.54 bits per heavy atom. The van der Waals surface area contributed by atoms with E-state index >= 15 is 0 Å². The average molecular weight is 376 g/mol. The maximum Gasteiger partial charge on any atom is 0.325 e. The van der Waals surface area contributed by atoms with Gasteiger partial charge in [-0.15, -0.1) is 0 Å². The minimum absolute atomic E-state index is 0.236. The maximum absolute atomic E-state index is 13.3. The summed E-state index contributed by atoms with van der Waals surface area (Å²) in [5.41, 5.74) is 2.56. The van der Waals surface area contributed by atoms with E-state index < -0.39 is 11.6 Å². The molecule has 5 nitrogen and oxygen atoms in total. The number of nitrogens with one attached hydrogen (secondary N) is 1. The Labute approximate surface area is 164 Å². The molecule has 1 aliphatic heterocycles. The molecule has 1 saturated heterocycles. The lowest BCUT2D eigenvalue weighted by atomic mass is 9.76. The van der Waals surface area contributed by atoms with Gasteiger partial charge in [-0.2, -0.15) is 0 Å². The molecule has 0 unspecified atom stereocenters. The second kappa shape index (κ2) is 6.89. The van der Waals surface area contributed by atoms with E-state index in [4.69, 9.17) is 0 Å². The van der Waals surface area contributed by atoms with Crippen LogP contribution in [0.2, 0.25) is 0 Å². The highest BCUT2D eigenvalue weighted by Crippen LogP contribution is 2.39. The van der Waals surface area contributed by atoms with Gasteiger partial charge in [0.05, 0.1) is 6.54 Å². The number of hydrogen-bond acceptors (Lipinski definition) is 3. The lowest BCUT2D eigenvalue weighted by Gasteiger charge is -2.33. The van der Waals surface area contributed by atoms with Gasteiger partial charge in [0.25, 0.3) is 5.91 Å². The summed E-state index contributed by atoms with van der Waals surface area (Å²) in [4.78, 5) is 39.7. The van der Waals surface area contributed by atoms with Crippen LogP contribution in [0.1, 0.15) is 59.7 Å². The maximum atomic E-state index is 13.3. The Kier molecular flexibility index (Phi) is 4.53. The van der Waals surface area contributed by atoms with Crippen LogP contribution in [0.15, 0.2) is 48.5 Å². The Morgan fingerprint density at radius 1 is 1.11 bits per heavy atom. The molecule has 1 aliphatic carbocycles. The molecule has 1 atom stereocenters. The van der Waals surface area contributed by atoms with Gasteiger partial charge in [-0.05, 0) is 41.9 Å². The van der Waals surface area contributed by atoms with E-state index in [-0.39, 0.29) is 18.2 Å². The van der Waals surface area contributed by atoms with Crippen molar-refractivity contribution in [2.24, 2.45) is 0 Å². The number of rotatable bonds is 4. The monoisotopic (exact) mass is 376 g/mol. The molecule has 1 fully saturated rings. The lowest BCUT2D eigenvalue weighted by Crippen LogP contribution is -2.46. The predicted molar refractivity (Wildman–Crippen MR) is 106 cm³/mol. The fourth-order valence-corrected chi connectivity index (χ4v) is 4.24. The Hall–Kier alpha value is -2.95. The van der Waals surface area contributed by atoms with Crippen molar-refractivity contribution in [3.05, 3.63) is 70.8 Å². The molecule has 2 aromatic rings. The molecule has 144 valence electrons. The number of hydrogen-bond donors (Lipinski definition) is 1. The number of benzene rings is 2. The highest BCUT2D eigenvalue weighted by atomic mass is 16.2. The zero-order valence-electron chi connectivity index (χ0n) is 16.2. The molecule has 1 spiro atoms. The fourth-order valence-electron chi connectivity index (χ4n) is 4.24. The van der Waals surface area contributed by atoms with E-state index in [1.807, 2.05) is 36.4 Å². The van der Waals surface area contributed by atoms with Crippen molar-refractivity contribution in [2.45, 2.75) is 44.6 Å². The smallest absolute Gasteiger partial charge is 0.319 e. The summed E-state index contributed by atoms with van der Waals surface area (Å²) in [5, 5.41) is 2.89. The molecule has 0 radical (unpaired) electrons. The van der Waals surface area contributed by atoms with Crippen molar-refractivity contribution in [3.8, 4) is 0 Å².